The molecule has 0 aliphatic rings. The highest BCUT2D eigenvalue weighted by atomic mass is 16.3. The Hall–Kier alpha value is -2.99. The van der Waals surface area contributed by atoms with E-state index in [9.17, 15) is 9.90 Å². The average molecular weight is 322 g/mol. The first-order chi connectivity index (χ1) is 11.3. The lowest BCUT2D eigenvalue weighted by atomic mass is 9.97. The molecule has 3 rings (SSSR count). The molecule has 0 atom stereocenters. The molecule has 0 aliphatic carbocycles. The number of nitrogens with zero attached hydrogens (tertiary/aromatic N) is 2. The molecule has 122 valence electrons. The molecule has 0 bridgehead atoms. The summed E-state index contributed by atoms with van der Waals surface area (Å²) in [6.07, 6.45) is 9.85. The molecular weight excluding hydrogens is 304 g/mol. The van der Waals surface area contributed by atoms with Crippen LogP contribution in [0.1, 0.15) is 25.0 Å². The van der Waals surface area contributed by atoms with Gasteiger partial charge in [0.05, 0.1) is 5.60 Å². The lowest BCUT2D eigenvalue weighted by Crippen LogP contribution is -2.15. The number of fused-ring (bicyclic) bond motifs is 1. The Labute approximate surface area is 139 Å². The number of hydrogen-bond donors (Lipinski definition) is 3. The van der Waals surface area contributed by atoms with E-state index in [1.165, 1.54) is 6.08 Å². The Bertz CT molecular complexity index is 936. The smallest absolute Gasteiger partial charge is 0.241 e. The number of aliphatic hydroxyl groups is 1. The van der Waals surface area contributed by atoms with Crippen LogP contribution < -0.4 is 5.73 Å². The highest BCUT2D eigenvalue weighted by molar-refractivity contribution is 5.95. The van der Waals surface area contributed by atoms with E-state index < -0.39 is 11.5 Å². The Morgan fingerprint density at radius 1 is 1.25 bits per heavy atom. The summed E-state index contributed by atoms with van der Waals surface area (Å²) in [6, 6.07) is 3.85. The van der Waals surface area contributed by atoms with Crippen molar-refractivity contribution in [3.63, 3.8) is 0 Å². The molecule has 24 heavy (non-hydrogen) atoms. The SMILES string of the molecule is CC(C)(O)c1cncc(-c2cnc3[nH]cc(/C=C/C(N)=O)c3c2)c1. The fourth-order valence-corrected chi connectivity index (χ4v) is 2.42. The maximum Gasteiger partial charge on any atom is 0.241 e. The molecule has 0 spiro atoms. The number of nitrogens with one attached hydrogen (secondary N) is 1. The van der Waals surface area contributed by atoms with Crippen molar-refractivity contribution < 1.29 is 9.90 Å². The standard InChI is InChI=1S/C18H18N4O2/c1-18(2,24)14-5-12(7-20-10-14)13-6-15-11(3-4-16(19)23)8-21-17(15)22-9-13/h3-10,24H,1-2H3,(H2,19,23)(H,21,22)/b4-3+. The van der Waals surface area contributed by atoms with Crippen LogP contribution in [-0.4, -0.2) is 26.0 Å². The van der Waals surface area contributed by atoms with Crippen molar-refractivity contribution in [2.75, 3.05) is 0 Å². The Morgan fingerprint density at radius 2 is 2.00 bits per heavy atom. The summed E-state index contributed by atoms with van der Waals surface area (Å²) in [5.74, 6) is -0.504. The maximum absolute atomic E-state index is 10.9. The van der Waals surface area contributed by atoms with E-state index in [-0.39, 0.29) is 0 Å². The number of H-pyrrole nitrogens is 1. The number of aromatic nitrogens is 3. The number of hydrogen-bond acceptors (Lipinski definition) is 4. The van der Waals surface area contributed by atoms with Gasteiger partial charge in [-0.1, -0.05) is 0 Å². The molecule has 0 radical (unpaired) electrons. The van der Waals surface area contributed by atoms with E-state index in [0.29, 0.717) is 0 Å². The van der Waals surface area contributed by atoms with E-state index in [1.807, 2.05) is 12.1 Å². The normalized spacial score (nSPS) is 12.1. The van der Waals surface area contributed by atoms with Gasteiger partial charge in [-0.25, -0.2) is 4.98 Å². The van der Waals surface area contributed by atoms with Crippen LogP contribution >= 0.6 is 0 Å². The second-order valence-corrected chi connectivity index (χ2v) is 6.12. The summed E-state index contributed by atoms with van der Waals surface area (Å²) in [5.41, 5.74) is 8.17. The minimum Gasteiger partial charge on any atom is -0.386 e. The number of carbonyl (C=O) groups excluding carboxylic acids is 1. The Kier molecular flexibility index (Phi) is 3.91. The lowest BCUT2D eigenvalue weighted by molar-refractivity contribution is -0.113. The minimum absolute atomic E-state index is 0.504. The molecule has 4 N–H and O–H groups in total. The van der Waals surface area contributed by atoms with Gasteiger partial charge in [0, 0.05) is 58.5 Å². The number of primary amides is 1. The zero-order chi connectivity index (χ0) is 17.3. The van der Waals surface area contributed by atoms with Crippen LogP contribution in [0, 0.1) is 0 Å². The van der Waals surface area contributed by atoms with Gasteiger partial charge in [0.2, 0.25) is 5.91 Å². The van der Waals surface area contributed by atoms with E-state index in [4.69, 9.17) is 5.73 Å². The summed E-state index contributed by atoms with van der Waals surface area (Å²) in [6.45, 7) is 3.43. The van der Waals surface area contributed by atoms with Gasteiger partial charge in [-0.05, 0) is 32.1 Å². The van der Waals surface area contributed by atoms with Crippen molar-refractivity contribution in [1.82, 2.24) is 15.0 Å². The second-order valence-electron chi connectivity index (χ2n) is 6.12. The zero-order valence-electron chi connectivity index (χ0n) is 13.4. The highest BCUT2D eigenvalue weighted by Crippen LogP contribution is 2.28. The van der Waals surface area contributed by atoms with Crippen LogP contribution in [-0.2, 0) is 10.4 Å². The number of nitrogens with two attached hydrogens (primary N) is 1. The third-order valence-corrected chi connectivity index (χ3v) is 3.77. The van der Waals surface area contributed by atoms with E-state index in [2.05, 4.69) is 15.0 Å². The molecule has 6 heteroatoms. The van der Waals surface area contributed by atoms with E-state index >= 15 is 0 Å². The van der Waals surface area contributed by atoms with Gasteiger partial charge in [-0.15, -0.1) is 0 Å². The summed E-state index contributed by atoms with van der Waals surface area (Å²) in [5, 5.41) is 11.0. The van der Waals surface area contributed by atoms with E-state index in [1.54, 1.807) is 44.7 Å². The summed E-state index contributed by atoms with van der Waals surface area (Å²) < 4.78 is 0. The predicted molar refractivity (Wildman–Crippen MR) is 92.8 cm³/mol. The molecule has 3 heterocycles. The van der Waals surface area contributed by atoms with Gasteiger partial charge < -0.3 is 15.8 Å². The van der Waals surface area contributed by atoms with Crippen LogP contribution in [0.25, 0.3) is 28.2 Å². The van der Waals surface area contributed by atoms with Crippen LogP contribution in [0.2, 0.25) is 0 Å². The molecular formula is C18H18N4O2. The lowest BCUT2D eigenvalue weighted by Gasteiger charge is -2.17. The Balaban J connectivity index is 2.08. The van der Waals surface area contributed by atoms with Gasteiger partial charge >= 0.3 is 0 Å². The Morgan fingerprint density at radius 3 is 2.71 bits per heavy atom. The van der Waals surface area contributed by atoms with Crippen molar-refractivity contribution in [3.05, 3.63) is 54.1 Å². The van der Waals surface area contributed by atoms with Crippen molar-refractivity contribution in [2.24, 2.45) is 5.73 Å². The molecule has 0 aromatic carbocycles. The van der Waals surface area contributed by atoms with E-state index in [0.717, 1.165) is 33.3 Å². The monoisotopic (exact) mass is 322 g/mol. The second kappa shape index (κ2) is 5.90. The van der Waals surface area contributed by atoms with Gasteiger partial charge in [-0.2, -0.15) is 0 Å². The van der Waals surface area contributed by atoms with Crippen LogP contribution in [0.15, 0.2) is 43.0 Å². The third-order valence-electron chi connectivity index (χ3n) is 3.77. The topological polar surface area (TPSA) is 105 Å². The molecule has 0 unspecified atom stereocenters. The van der Waals surface area contributed by atoms with Crippen molar-refractivity contribution >= 4 is 23.0 Å². The first kappa shape index (κ1) is 15.9. The molecule has 3 aromatic rings. The molecule has 6 nitrogen and oxygen atoms in total. The van der Waals surface area contributed by atoms with Gasteiger partial charge in [0.15, 0.2) is 0 Å². The first-order valence-corrected chi connectivity index (χ1v) is 7.47. The molecule has 0 aliphatic heterocycles. The number of aromatic amines is 1. The minimum atomic E-state index is -0.968. The largest absolute Gasteiger partial charge is 0.386 e. The number of pyridine rings is 2. The van der Waals surface area contributed by atoms with Crippen LogP contribution in [0.4, 0.5) is 0 Å². The molecule has 1 amide bonds. The fraction of sp³-hybridized carbons (Fsp3) is 0.167. The number of amides is 1. The summed E-state index contributed by atoms with van der Waals surface area (Å²) in [7, 11) is 0. The maximum atomic E-state index is 10.9. The van der Waals surface area contributed by atoms with Crippen LogP contribution in [0.3, 0.4) is 0 Å². The average Bonchev–Trinajstić information content (AvgIpc) is 2.94. The molecule has 0 fully saturated rings. The van der Waals surface area contributed by atoms with Crippen molar-refractivity contribution in [1.29, 1.82) is 0 Å². The van der Waals surface area contributed by atoms with Crippen molar-refractivity contribution in [3.8, 4) is 11.1 Å². The number of carbonyl (C=O) groups is 1. The quantitative estimate of drug-likeness (QED) is 0.641. The first-order valence-electron chi connectivity index (χ1n) is 7.47. The molecule has 0 saturated carbocycles. The fourth-order valence-electron chi connectivity index (χ4n) is 2.42. The molecule has 0 saturated heterocycles. The molecule has 3 aromatic heterocycles. The van der Waals surface area contributed by atoms with Gasteiger partial charge in [0.1, 0.15) is 5.65 Å². The highest BCUT2D eigenvalue weighted by Gasteiger charge is 2.17. The summed E-state index contributed by atoms with van der Waals surface area (Å²) in [4.78, 5) is 22.6. The summed E-state index contributed by atoms with van der Waals surface area (Å²) >= 11 is 0. The van der Waals surface area contributed by atoms with Crippen LogP contribution in [0.5, 0.6) is 0 Å². The van der Waals surface area contributed by atoms with Crippen molar-refractivity contribution in [2.45, 2.75) is 19.4 Å². The number of rotatable bonds is 4. The van der Waals surface area contributed by atoms with Gasteiger partial charge in [0.25, 0.3) is 0 Å². The zero-order valence-corrected chi connectivity index (χ0v) is 13.4. The van der Waals surface area contributed by atoms with Gasteiger partial charge in [-0.3, -0.25) is 9.78 Å². The predicted octanol–water partition coefficient (Wildman–Crippen LogP) is 2.35. The third kappa shape index (κ3) is 3.18.